The van der Waals surface area contributed by atoms with Crippen LogP contribution in [0.15, 0.2) is 47.6 Å². The summed E-state index contributed by atoms with van der Waals surface area (Å²) in [5, 5.41) is 0. The predicted octanol–water partition coefficient (Wildman–Crippen LogP) is 7.25. The van der Waals surface area contributed by atoms with Crippen LogP contribution in [0.3, 0.4) is 0 Å². The Balaban J connectivity index is 0.000000489. The molecule has 0 N–H and O–H groups in total. The molecule has 2 aliphatic rings. The maximum Gasteiger partial charge on any atom is 0.00365 e. The minimum Gasteiger partial charge on any atom is -0.0917 e. The molecular weight excluding hydrogens is 252 g/mol. The van der Waals surface area contributed by atoms with E-state index in [2.05, 4.69) is 64.2 Å². The van der Waals surface area contributed by atoms with Crippen LogP contribution in [0.25, 0.3) is 0 Å². The average Bonchev–Trinajstić information content (AvgIpc) is 3.33. The first-order valence-electron chi connectivity index (χ1n) is 8.76. The van der Waals surface area contributed by atoms with Gasteiger partial charge in [-0.3, -0.25) is 0 Å². The molecule has 0 amide bonds. The van der Waals surface area contributed by atoms with Crippen molar-refractivity contribution in [1.29, 1.82) is 0 Å². The Morgan fingerprint density at radius 1 is 1.14 bits per heavy atom. The Morgan fingerprint density at radius 3 is 2.10 bits per heavy atom. The minimum atomic E-state index is 0.276. The Kier molecular flexibility index (Phi) is 10.1. The van der Waals surface area contributed by atoms with Gasteiger partial charge in [0.25, 0.3) is 0 Å². The van der Waals surface area contributed by atoms with Crippen molar-refractivity contribution in [2.24, 2.45) is 11.3 Å². The monoisotopic (exact) mass is 288 g/mol. The molecule has 0 aliphatic heterocycles. The van der Waals surface area contributed by atoms with Crippen LogP contribution in [0.1, 0.15) is 74.1 Å². The van der Waals surface area contributed by atoms with E-state index in [0.29, 0.717) is 0 Å². The van der Waals surface area contributed by atoms with Gasteiger partial charge in [-0.15, -0.1) is 0 Å². The summed E-state index contributed by atoms with van der Waals surface area (Å²) in [6.45, 7) is 15.0. The molecule has 0 aromatic carbocycles. The normalized spacial score (nSPS) is 24.1. The first-order valence-corrected chi connectivity index (χ1v) is 8.76. The third-order valence-electron chi connectivity index (χ3n) is 4.06. The Labute approximate surface area is 133 Å². The van der Waals surface area contributed by atoms with Crippen molar-refractivity contribution in [1.82, 2.24) is 0 Å². The molecule has 2 rings (SSSR count). The van der Waals surface area contributed by atoms with Gasteiger partial charge in [-0.1, -0.05) is 71.1 Å². The number of rotatable bonds is 3. The zero-order valence-electron chi connectivity index (χ0n) is 15.4. The molecule has 1 saturated carbocycles. The molecule has 21 heavy (non-hydrogen) atoms. The summed E-state index contributed by atoms with van der Waals surface area (Å²) in [6.07, 6.45) is 18.7. The second-order valence-electron chi connectivity index (χ2n) is 5.92. The third kappa shape index (κ3) is 7.50. The largest absolute Gasteiger partial charge is 0.0917 e. The van der Waals surface area contributed by atoms with E-state index in [-0.39, 0.29) is 5.41 Å². The highest BCUT2D eigenvalue weighted by atomic mass is 14.3. The Bertz CT molecular complexity index is 388. The van der Waals surface area contributed by atoms with Crippen LogP contribution in [-0.4, -0.2) is 0 Å². The lowest BCUT2D eigenvalue weighted by Gasteiger charge is -2.18. The molecule has 0 aromatic heterocycles. The van der Waals surface area contributed by atoms with E-state index >= 15 is 0 Å². The van der Waals surface area contributed by atoms with Gasteiger partial charge >= 0.3 is 0 Å². The second kappa shape index (κ2) is 10.7. The number of hydrogen-bond acceptors (Lipinski definition) is 0. The van der Waals surface area contributed by atoms with Gasteiger partial charge in [0.1, 0.15) is 0 Å². The van der Waals surface area contributed by atoms with Crippen molar-refractivity contribution >= 4 is 0 Å². The van der Waals surface area contributed by atoms with Crippen LogP contribution in [0.2, 0.25) is 0 Å². The minimum absolute atomic E-state index is 0.276. The van der Waals surface area contributed by atoms with E-state index < -0.39 is 0 Å². The van der Waals surface area contributed by atoms with E-state index in [1.165, 1.54) is 24.8 Å². The molecule has 0 spiro atoms. The molecule has 0 heterocycles. The molecule has 0 saturated heterocycles. The molecule has 0 radical (unpaired) electrons. The highest BCUT2D eigenvalue weighted by Crippen LogP contribution is 2.41. The summed E-state index contributed by atoms with van der Waals surface area (Å²) in [4.78, 5) is 0. The summed E-state index contributed by atoms with van der Waals surface area (Å²) < 4.78 is 0. The Morgan fingerprint density at radius 2 is 1.71 bits per heavy atom. The van der Waals surface area contributed by atoms with Gasteiger partial charge in [-0.25, -0.2) is 0 Å². The van der Waals surface area contributed by atoms with Crippen LogP contribution in [0, 0.1) is 11.3 Å². The van der Waals surface area contributed by atoms with Crippen molar-refractivity contribution in [3.8, 4) is 0 Å². The van der Waals surface area contributed by atoms with E-state index in [9.17, 15) is 0 Å². The molecule has 0 aromatic rings. The highest BCUT2D eigenvalue weighted by molar-refractivity contribution is 5.40. The van der Waals surface area contributed by atoms with Crippen LogP contribution in [-0.2, 0) is 0 Å². The van der Waals surface area contributed by atoms with Crippen molar-refractivity contribution in [2.75, 3.05) is 0 Å². The van der Waals surface area contributed by atoms with E-state index in [4.69, 9.17) is 0 Å². The summed E-state index contributed by atoms with van der Waals surface area (Å²) in [7, 11) is 0. The van der Waals surface area contributed by atoms with Gasteiger partial charge in [0.2, 0.25) is 0 Å². The lowest BCUT2D eigenvalue weighted by molar-refractivity contribution is 0.530. The number of allylic oxidation sites excluding steroid dienone is 8. The molecule has 0 nitrogen and oxygen atoms in total. The SMILES string of the molecule is C/C=C\CC.CC.CCC1(C)C=CC(C)=C(C2CC2)C=C1. The van der Waals surface area contributed by atoms with Crippen molar-refractivity contribution in [3.05, 3.63) is 47.6 Å². The van der Waals surface area contributed by atoms with E-state index in [1.54, 1.807) is 5.57 Å². The van der Waals surface area contributed by atoms with E-state index in [0.717, 1.165) is 12.3 Å². The molecule has 1 atom stereocenters. The first kappa shape index (κ1) is 20.0. The third-order valence-corrected chi connectivity index (χ3v) is 4.06. The summed E-state index contributed by atoms with van der Waals surface area (Å²) in [6, 6.07) is 0. The fourth-order valence-corrected chi connectivity index (χ4v) is 2.20. The van der Waals surface area contributed by atoms with Crippen LogP contribution >= 0.6 is 0 Å². The maximum atomic E-state index is 2.38. The quantitative estimate of drug-likeness (QED) is 0.479. The second-order valence-corrected chi connectivity index (χ2v) is 5.92. The standard InChI is InChI=1S/C14H20.C5H10.C2H6/c1-4-14(3)9-7-11(2)13(8-10-14)12-5-6-12;1-3-5-4-2;1-2/h7-10,12H,4-6H2,1-3H3;3,5H,4H2,1-2H3;1-2H3/b;5-3-;. The molecule has 1 unspecified atom stereocenters. The molecule has 120 valence electrons. The van der Waals surface area contributed by atoms with Crippen molar-refractivity contribution in [2.45, 2.75) is 74.1 Å². The summed E-state index contributed by atoms with van der Waals surface area (Å²) in [5.74, 6) is 0.870. The van der Waals surface area contributed by atoms with Gasteiger partial charge in [-0.05, 0) is 56.6 Å². The van der Waals surface area contributed by atoms with Gasteiger partial charge in [0.15, 0.2) is 0 Å². The van der Waals surface area contributed by atoms with Crippen LogP contribution in [0.5, 0.6) is 0 Å². The molecule has 0 heteroatoms. The van der Waals surface area contributed by atoms with Gasteiger partial charge in [0.05, 0.1) is 0 Å². The zero-order valence-corrected chi connectivity index (χ0v) is 15.4. The zero-order chi connectivity index (χ0) is 16.3. The molecule has 1 fully saturated rings. The highest BCUT2D eigenvalue weighted by Gasteiger charge is 2.27. The first-order chi connectivity index (χ1) is 10.1. The van der Waals surface area contributed by atoms with Gasteiger partial charge in [0, 0.05) is 5.41 Å². The molecular formula is C21H36. The average molecular weight is 289 g/mol. The van der Waals surface area contributed by atoms with Crippen molar-refractivity contribution < 1.29 is 0 Å². The maximum absolute atomic E-state index is 2.38. The van der Waals surface area contributed by atoms with Gasteiger partial charge < -0.3 is 0 Å². The summed E-state index contributed by atoms with van der Waals surface area (Å²) >= 11 is 0. The topological polar surface area (TPSA) is 0 Å². The predicted molar refractivity (Wildman–Crippen MR) is 98.6 cm³/mol. The molecule has 2 aliphatic carbocycles. The van der Waals surface area contributed by atoms with Crippen LogP contribution < -0.4 is 0 Å². The van der Waals surface area contributed by atoms with Gasteiger partial charge in [-0.2, -0.15) is 0 Å². The fourth-order valence-electron chi connectivity index (χ4n) is 2.20. The fraction of sp³-hybridized carbons (Fsp3) is 0.619. The summed E-state index contributed by atoms with van der Waals surface area (Å²) in [5.41, 5.74) is 3.33. The lowest BCUT2D eigenvalue weighted by atomic mass is 9.87. The van der Waals surface area contributed by atoms with Crippen LogP contribution in [0.4, 0.5) is 0 Å². The smallest absolute Gasteiger partial charge is 0.00365 e. The number of hydrogen-bond donors (Lipinski definition) is 0. The lowest BCUT2D eigenvalue weighted by Crippen LogP contribution is -2.06. The molecule has 0 bridgehead atoms. The van der Waals surface area contributed by atoms with E-state index in [1.807, 2.05) is 20.8 Å². The van der Waals surface area contributed by atoms with Crippen molar-refractivity contribution in [3.63, 3.8) is 0 Å². The Hall–Kier alpha value is -1.04.